The molecule has 0 amide bonds. The fourth-order valence-corrected chi connectivity index (χ4v) is 7.82. The van der Waals surface area contributed by atoms with Gasteiger partial charge in [0, 0.05) is 37.6 Å². The lowest BCUT2D eigenvalue weighted by Gasteiger charge is -2.27. The van der Waals surface area contributed by atoms with Gasteiger partial charge < -0.3 is 9.32 Å². The van der Waals surface area contributed by atoms with Crippen LogP contribution in [0, 0.1) is 0 Å². The first-order valence-electron chi connectivity index (χ1n) is 15.2. The van der Waals surface area contributed by atoms with Gasteiger partial charge in [0.05, 0.1) is 10.4 Å². The molecule has 0 radical (unpaired) electrons. The number of fused-ring (bicyclic) bond motifs is 7. The van der Waals surface area contributed by atoms with Crippen molar-refractivity contribution in [3.05, 3.63) is 164 Å². The summed E-state index contributed by atoms with van der Waals surface area (Å²) in [6.45, 7) is 0. The van der Waals surface area contributed by atoms with E-state index in [4.69, 9.17) is 4.42 Å². The Labute approximate surface area is 265 Å². The number of thiophene rings is 1. The van der Waals surface area contributed by atoms with E-state index < -0.39 is 0 Å². The van der Waals surface area contributed by atoms with E-state index in [1.807, 2.05) is 17.4 Å². The summed E-state index contributed by atoms with van der Waals surface area (Å²) in [5.74, 6) is 0. The highest BCUT2D eigenvalue weighted by Gasteiger charge is 2.24. The van der Waals surface area contributed by atoms with E-state index in [1.165, 1.54) is 42.4 Å². The highest BCUT2D eigenvalue weighted by atomic mass is 32.1. The topological polar surface area (TPSA) is 16.4 Å². The number of hydrogen-bond donors (Lipinski definition) is 0. The van der Waals surface area contributed by atoms with Crippen molar-refractivity contribution in [3.8, 4) is 22.3 Å². The van der Waals surface area contributed by atoms with Crippen molar-refractivity contribution in [3.63, 3.8) is 0 Å². The normalized spacial score (nSPS) is 11.6. The van der Waals surface area contributed by atoms with E-state index in [-0.39, 0.29) is 0 Å². The van der Waals surface area contributed by atoms with Gasteiger partial charge in [-0.05, 0) is 64.7 Å². The molecule has 2 nitrogen and oxygen atoms in total. The molecule has 212 valence electrons. The van der Waals surface area contributed by atoms with Crippen LogP contribution < -0.4 is 4.90 Å². The average molecular weight is 594 g/mol. The maximum Gasteiger partial charge on any atom is 0.144 e. The maximum absolute atomic E-state index is 6.61. The van der Waals surface area contributed by atoms with Crippen molar-refractivity contribution in [1.82, 2.24) is 0 Å². The van der Waals surface area contributed by atoms with Crippen molar-refractivity contribution in [1.29, 1.82) is 0 Å². The van der Waals surface area contributed by atoms with Crippen LogP contribution in [0.4, 0.5) is 17.1 Å². The monoisotopic (exact) mass is 593 g/mol. The molecule has 0 aliphatic carbocycles. The van der Waals surface area contributed by atoms with E-state index in [1.54, 1.807) is 0 Å². The molecule has 7 aromatic carbocycles. The Bertz CT molecular complexity index is 2480. The third-order valence-electron chi connectivity index (χ3n) is 8.66. The SMILES string of the molecule is c1ccc(-c2ccc(N(c3ccccc3)c3cc4c5ccccc5oc4c4c3sc3ccccc34)cc2-c2ccccc2)cc1. The quantitative estimate of drug-likeness (QED) is 0.197. The van der Waals surface area contributed by atoms with Gasteiger partial charge in [-0.3, -0.25) is 0 Å². The van der Waals surface area contributed by atoms with Gasteiger partial charge in [0.15, 0.2) is 0 Å². The fourth-order valence-electron chi connectivity index (χ4n) is 6.62. The van der Waals surface area contributed by atoms with Crippen LogP contribution in [0.15, 0.2) is 168 Å². The van der Waals surface area contributed by atoms with Crippen molar-refractivity contribution in [2.45, 2.75) is 0 Å². The number of anilines is 3. The number of nitrogens with zero attached hydrogens (tertiary/aromatic N) is 1. The lowest BCUT2D eigenvalue weighted by atomic mass is 9.93. The number of para-hydroxylation sites is 2. The van der Waals surface area contributed by atoms with Crippen LogP contribution in [0.3, 0.4) is 0 Å². The van der Waals surface area contributed by atoms with Gasteiger partial charge in [0.25, 0.3) is 0 Å². The van der Waals surface area contributed by atoms with Crippen molar-refractivity contribution in [2.24, 2.45) is 0 Å². The van der Waals surface area contributed by atoms with Crippen LogP contribution in [0.1, 0.15) is 0 Å². The van der Waals surface area contributed by atoms with Crippen molar-refractivity contribution >= 4 is 70.5 Å². The number of benzene rings is 7. The Morgan fingerprint density at radius 1 is 0.467 bits per heavy atom. The van der Waals surface area contributed by atoms with Gasteiger partial charge in [-0.15, -0.1) is 11.3 Å². The Kier molecular flexibility index (Phi) is 6.03. The first-order valence-corrected chi connectivity index (χ1v) is 16.0. The van der Waals surface area contributed by atoms with E-state index >= 15 is 0 Å². The van der Waals surface area contributed by atoms with E-state index in [0.29, 0.717) is 0 Å². The zero-order chi connectivity index (χ0) is 29.7. The van der Waals surface area contributed by atoms with Gasteiger partial charge >= 0.3 is 0 Å². The molecule has 45 heavy (non-hydrogen) atoms. The van der Waals surface area contributed by atoms with Crippen LogP contribution >= 0.6 is 11.3 Å². The molecule has 9 rings (SSSR count). The predicted octanol–water partition coefficient (Wildman–Crippen LogP) is 12.8. The summed E-state index contributed by atoms with van der Waals surface area (Å²) >= 11 is 1.83. The first-order chi connectivity index (χ1) is 22.3. The van der Waals surface area contributed by atoms with Gasteiger partial charge in [0.2, 0.25) is 0 Å². The second kappa shape index (κ2) is 10.5. The second-order valence-corrected chi connectivity index (χ2v) is 12.4. The van der Waals surface area contributed by atoms with Crippen LogP contribution in [0.5, 0.6) is 0 Å². The summed E-state index contributed by atoms with van der Waals surface area (Å²) in [4.78, 5) is 2.42. The second-order valence-electron chi connectivity index (χ2n) is 11.3. The maximum atomic E-state index is 6.61. The molecular weight excluding hydrogens is 567 g/mol. The van der Waals surface area contributed by atoms with Gasteiger partial charge in [-0.2, -0.15) is 0 Å². The van der Waals surface area contributed by atoms with Gasteiger partial charge in [-0.25, -0.2) is 0 Å². The molecule has 0 fully saturated rings. The van der Waals surface area contributed by atoms with E-state index in [2.05, 4.69) is 163 Å². The summed E-state index contributed by atoms with van der Waals surface area (Å²) in [6.07, 6.45) is 0. The average Bonchev–Trinajstić information content (AvgIpc) is 3.68. The van der Waals surface area contributed by atoms with Gasteiger partial charge in [0.1, 0.15) is 11.2 Å². The van der Waals surface area contributed by atoms with Crippen molar-refractivity contribution in [2.75, 3.05) is 4.90 Å². The van der Waals surface area contributed by atoms with Crippen LogP contribution in [-0.4, -0.2) is 0 Å². The first kappa shape index (κ1) is 25.8. The lowest BCUT2D eigenvalue weighted by molar-refractivity contribution is 0.673. The summed E-state index contributed by atoms with van der Waals surface area (Å²) < 4.78 is 9.07. The smallest absolute Gasteiger partial charge is 0.144 e. The molecule has 0 aliphatic rings. The molecule has 0 bridgehead atoms. The zero-order valence-electron chi connectivity index (χ0n) is 24.4. The fraction of sp³-hybridized carbons (Fsp3) is 0. The molecule has 9 aromatic rings. The minimum atomic E-state index is 0.908. The zero-order valence-corrected chi connectivity index (χ0v) is 25.2. The molecule has 0 spiro atoms. The molecule has 0 saturated carbocycles. The molecule has 3 heteroatoms. The Morgan fingerprint density at radius 3 is 1.84 bits per heavy atom. The minimum Gasteiger partial charge on any atom is -0.455 e. The number of hydrogen-bond acceptors (Lipinski definition) is 3. The van der Waals surface area contributed by atoms with E-state index in [9.17, 15) is 0 Å². The minimum absolute atomic E-state index is 0.908. The predicted molar refractivity (Wildman–Crippen MR) is 192 cm³/mol. The summed E-state index contributed by atoms with van der Waals surface area (Å²) in [7, 11) is 0. The van der Waals surface area contributed by atoms with Gasteiger partial charge in [-0.1, -0.05) is 121 Å². The molecule has 0 aliphatic heterocycles. The molecule has 0 N–H and O–H groups in total. The molecule has 2 aromatic heterocycles. The Morgan fingerprint density at radius 2 is 1.09 bits per heavy atom. The third-order valence-corrected chi connectivity index (χ3v) is 9.85. The standard InChI is InChI=1S/C42H27NOS/c1-4-14-28(15-5-1)32-25-24-31(26-35(32)29-16-6-2-7-17-29)43(30-18-8-3-9-19-30)37-27-36-33-20-10-12-22-38(33)44-41(36)40-34-21-11-13-23-39(34)45-42(37)40/h1-27H. The summed E-state index contributed by atoms with van der Waals surface area (Å²) in [5.41, 5.74) is 10.0. The molecule has 0 unspecified atom stereocenters. The lowest BCUT2D eigenvalue weighted by Crippen LogP contribution is -2.10. The molecular formula is C42H27NOS. The van der Waals surface area contributed by atoms with E-state index in [0.717, 1.165) is 39.0 Å². The van der Waals surface area contributed by atoms with Crippen molar-refractivity contribution < 1.29 is 4.42 Å². The summed E-state index contributed by atoms with van der Waals surface area (Å²) in [5, 5.41) is 4.65. The number of rotatable bonds is 5. The van der Waals surface area contributed by atoms with Crippen LogP contribution in [0.2, 0.25) is 0 Å². The van der Waals surface area contributed by atoms with Crippen LogP contribution in [0.25, 0.3) is 64.4 Å². The highest BCUT2D eigenvalue weighted by Crippen LogP contribution is 2.50. The molecule has 0 saturated heterocycles. The Balaban J connectivity index is 1.38. The molecule has 0 atom stereocenters. The highest BCUT2D eigenvalue weighted by molar-refractivity contribution is 7.26. The number of furan rings is 1. The van der Waals surface area contributed by atoms with Crippen LogP contribution in [-0.2, 0) is 0 Å². The third kappa shape index (κ3) is 4.24. The largest absolute Gasteiger partial charge is 0.455 e. The molecule has 2 heterocycles. The Hall–Kier alpha value is -5.64. The summed E-state index contributed by atoms with van der Waals surface area (Å²) in [6, 6.07) is 58.4.